The Morgan fingerprint density at radius 1 is 1.80 bits per heavy atom. The second kappa shape index (κ2) is 8.66. The number of nitrogens with zero attached hydrogens (tertiary/aromatic N) is 1. The van der Waals surface area contributed by atoms with Gasteiger partial charge in [0, 0.05) is 45.2 Å². The van der Waals surface area contributed by atoms with Gasteiger partial charge in [0.05, 0.1) is 6.10 Å². The molecule has 1 aliphatic rings. The number of carbonyl (C=O) groups is 1. The van der Waals surface area contributed by atoms with Crippen LogP contribution in [0.4, 0.5) is 0 Å². The Hall–Kier alpha value is 0.534. The van der Waals surface area contributed by atoms with Crippen LogP contribution in [-0.4, -0.2) is 28.1 Å². The SMILES string of the molecule is [2H][CH2-].[CH2-]N1C(=O)CC[C@@H]1CCC(O)CC.[Y]. The van der Waals surface area contributed by atoms with E-state index in [0.29, 0.717) is 6.42 Å². The molecule has 0 aromatic rings. The van der Waals surface area contributed by atoms with Crippen molar-refractivity contribution in [3.8, 4) is 0 Å². The van der Waals surface area contributed by atoms with E-state index in [9.17, 15) is 9.90 Å². The summed E-state index contributed by atoms with van der Waals surface area (Å²) in [5.41, 5.74) is 0. The van der Waals surface area contributed by atoms with Crippen molar-refractivity contribution in [3.05, 3.63) is 14.5 Å². The van der Waals surface area contributed by atoms with Crippen LogP contribution >= 0.6 is 0 Å². The van der Waals surface area contributed by atoms with Gasteiger partial charge in [0.15, 0.2) is 5.91 Å². The molecular weight excluding hydrogens is 267 g/mol. The van der Waals surface area contributed by atoms with Gasteiger partial charge >= 0.3 is 0 Å². The smallest absolute Gasteiger partial charge is 0.193 e. The monoisotopic (exact) mass is 289 g/mol. The summed E-state index contributed by atoms with van der Waals surface area (Å²) in [5.74, 6) is 0.135. The molecule has 1 radical (unpaired) electrons. The molecule has 15 heavy (non-hydrogen) atoms. The van der Waals surface area contributed by atoms with E-state index in [1.54, 1.807) is 4.90 Å². The van der Waals surface area contributed by atoms with E-state index in [-0.39, 0.29) is 50.8 Å². The number of aliphatic hydroxyl groups is 1. The first-order valence-electron chi connectivity index (χ1n) is 5.66. The van der Waals surface area contributed by atoms with Crippen LogP contribution < -0.4 is 0 Å². The zero-order chi connectivity index (χ0) is 11.8. The van der Waals surface area contributed by atoms with E-state index >= 15 is 0 Å². The summed E-state index contributed by atoms with van der Waals surface area (Å²) in [6.07, 6.45) is 3.75. The van der Waals surface area contributed by atoms with Crippen LogP contribution in [0.15, 0.2) is 0 Å². The summed E-state index contributed by atoms with van der Waals surface area (Å²) in [6, 6.07) is 0.258. The van der Waals surface area contributed by atoms with Crippen LogP contribution in [0.1, 0.15) is 40.4 Å². The molecule has 1 saturated heterocycles. The van der Waals surface area contributed by atoms with E-state index in [2.05, 4.69) is 14.5 Å². The van der Waals surface area contributed by atoms with Crippen LogP contribution in [-0.2, 0) is 37.5 Å². The average Bonchev–Trinajstić information content (AvgIpc) is 2.59. The average molecular weight is 289 g/mol. The van der Waals surface area contributed by atoms with Crippen molar-refractivity contribution in [2.75, 3.05) is 0 Å². The first-order chi connectivity index (χ1) is 7.15. The molecule has 4 heteroatoms. The normalized spacial score (nSPS) is 22.4. The van der Waals surface area contributed by atoms with Crippen molar-refractivity contribution in [2.24, 2.45) is 0 Å². The molecule has 0 bridgehead atoms. The molecule has 1 heterocycles. The molecule has 1 unspecified atom stereocenters. The standard InChI is InChI=1S/C10H18NO2.CH3.Y/c1-3-9(12)6-4-8-5-7-10(13)11(8)2;;/h8-9,12H,2-7H2,1H3;1H3;/q2*-1;/t8-,9?;;/m0../s1/i;1D;. The second-order valence-corrected chi connectivity index (χ2v) is 3.70. The number of likely N-dealkylation sites (tertiary alicyclic amines) is 1. The fourth-order valence-electron chi connectivity index (χ4n) is 1.68. The van der Waals surface area contributed by atoms with Gasteiger partial charge in [-0.25, -0.2) is 1.37 Å². The third-order valence-corrected chi connectivity index (χ3v) is 2.76. The van der Waals surface area contributed by atoms with Crippen LogP contribution in [0.25, 0.3) is 0 Å². The molecule has 3 nitrogen and oxygen atoms in total. The number of hydrogen-bond acceptors (Lipinski definition) is 2. The van der Waals surface area contributed by atoms with E-state index in [0.717, 1.165) is 25.7 Å². The zero-order valence-electron chi connectivity index (χ0n) is 10.5. The van der Waals surface area contributed by atoms with Gasteiger partial charge in [-0.2, -0.15) is 0 Å². The minimum absolute atomic E-state index is 0. The van der Waals surface area contributed by atoms with Gasteiger partial charge in [-0.05, 0) is 25.7 Å². The van der Waals surface area contributed by atoms with Gasteiger partial charge in [0.1, 0.15) is 0 Å². The first-order valence-corrected chi connectivity index (χ1v) is 4.95. The minimum atomic E-state index is -0.218. The van der Waals surface area contributed by atoms with Gasteiger partial charge in [0.2, 0.25) is 0 Å². The second-order valence-electron chi connectivity index (χ2n) is 3.70. The van der Waals surface area contributed by atoms with Crippen molar-refractivity contribution >= 4 is 5.91 Å². The molecule has 0 aliphatic carbocycles. The number of aliphatic hydroxyl groups excluding tert-OH is 1. The van der Waals surface area contributed by atoms with Gasteiger partial charge in [-0.1, -0.05) is 6.92 Å². The predicted molar refractivity (Wildman–Crippen MR) is 57.2 cm³/mol. The number of amides is 1. The fourth-order valence-corrected chi connectivity index (χ4v) is 1.68. The number of carbonyl (C=O) groups excluding carboxylic acids is 1. The molecular formula is C11H21NO2Y-2. The summed E-state index contributed by atoms with van der Waals surface area (Å²) >= 11 is 0. The molecule has 1 aliphatic heterocycles. The largest absolute Gasteiger partial charge is 0.493 e. The molecule has 0 saturated carbocycles. The van der Waals surface area contributed by atoms with E-state index in [4.69, 9.17) is 1.37 Å². The van der Waals surface area contributed by atoms with Crippen LogP contribution in [0.2, 0.25) is 0 Å². The van der Waals surface area contributed by atoms with Gasteiger partial charge < -0.3 is 17.4 Å². The van der Waals surface area contributed by atoms with Gasteiger partial charge in [-0.15, -0.1) is 0 Å². The third kappa shape index (κ3) is 5.42. The summed E-state index contributed by atoms with van der Waals surface area (Å²) in [6.45, 7) is 1.96. The van der Waals surface area contributed by atoms with Crippen molar-refractivity contribution in [2.45, 2.75) is 51.2 Å². The Kier molecular flexibility index (Phi) is 8.97. The Morgan fingerprint density at radius 3 is 2.80 bits per heavy atom. The fraction of sp³-hybridized carbons (Fsp3) is 0.727. The molecule has 1 rings (SSSR count). The summed E-state index contributed by atoms with van der Waals surface area (Å²) < 4.78 is 5.50. The van der Waals surface area contributed by atoms with E-state index < -0.39 is 0 Å². The Bertz CT molecular complexity index is 193. The number of hydrogen-bond donors (Lipinski definition) is 1. The quantitative estimate of drug-likeness (QED) is 0.801. The van der Waals surface area contributed by atoms with Crippen LogP contribution in [0.5, 0.6) is 0 Å². The summed E-state index contributed by atoms with van der Waals surface area (Å²) in [4.78, 5) is 12.7. The summed E-state index contributed by atoms with van der Waals surface area (Å²) in [7, 11) is 6.21. The summed E-state index contributed by atoms with van der Waals surface area (Å²) in [5, 5.41) is 9.35. The van der Waals surface area contributed by atoms with Gasteiger partial charge in [-0.3, -0.25) is 11.8 Å². The molecule has 1 fully saturated rings. The first kappa shape index (κ1) is 15.5. The molecule has 0 aromatic carbocycles. The van der Waals surface area contributed by atoms with Crippen molar-refractivity contribution in [1.29, 1.82) is 0 Å². The Balaban J connectivity index is 0. The maximum absolute atomic E-state index is 11.1. The maximum Gasteiger partial charge on any atom is 0.193 e. The van der Waals surface area contributed by atoms with E-state index in [1.807, 2.05) is 6.92 Å². The van der Waals surface area contributed by atoms with Gasteiger partial charge in [0.25, 0.3) is 0 Å². The predicted octanol–water partition coefficient (Wildman–Crippen LogP) is 1.77. The van der Waals surface area contributed by atoms with Crippen LogP contribution in [0, 0.1) is 14.5 Å². The molecule has 2 atom stereocenters. The Morgan fingerprint density at radius 2 is 2.40 bits per heavy atom. The molecule has 0 aromatic heterocycles. The zero-order valence-corrected chi connectivity index (χ0v) is 12.3. The molecule has 87 valence electrons. The minimum Gasteiger partial charge on any atom is -0.493 e. The van der Waals surface area contributed by atoms with Crippen molar-refractivity contribution in [3.63, 3.8) is 0 Å². The number of rotatable bonds is 4. The molecule has 0 spiro atoms. The molecule has 1 N–H and O–H groups in total. The Labute approximate surface area is 120 Å². The topological polar surface area (TPSA) is 40.5 Å². The maximum atomic E-state index is 11.1. The van der Waals surface area contributed by atoms with Crippen molar-refractivity contribution in [1.82, 2.24) is 4.90 Å². The van der Waals surface area contributed by atoms with Crippen molar-refractivity contribution < 1.29 is 44.0 Å². The van der Waals surface area contributed by atoms with Crippen LogP contribution in [0.3, 0.4) is 0 Å². The van der Waals surface area contributed by atoms with E-state index in [1.165, 1.54) is 0 Å². The third-order valence-electron chi connectivity index (χ3n) is 2.76. The molecule has 1 amide bonds.